The number of nitrogens with zero attached hydrogens (tertiary/aromatic N) is 6. The number of carbonyl (C=O) groups is 3. The number of likely N-dealkylation sites (N-methyl/N-ethyl adjacent to an activating group) is 1. The van der Waals surface area contributed by atoms with E-state index in [0.29, 0.717) is 31.7 Å². The van der Waals surface area contributed by atoms with Crippen LogP contribution in [0.25, 0.3) is 6.08 Å². The third-order valence-corrected chi connectivity index (χ3v) is 9.01. The minimum absolute atomic E-state index is 0.0515. The second-order valence-electron chi connectivity index (χ2n) is 12.8. The molecule has 2 aromatic carbocycles. The first kappa shape index (κ1) is 38.7. The maximum atomic E-state index is 14.3. The Morgan fingerprint density at radius 1 is 0.887 bits per heavy atom. The molecule has 0 saturated carbocycles. The highest BCUT2D eigenvalue weighted by Gasteiger charge is 2.33. The maximum absolute atomic E-state index is 14.3. The summed E-state index contributed by atoms with van der Waals surface area (Å²) in [6.45, 7) is 5.09. The quantitative estimate of drug-likeness (QED) is 0.125. The summed E-state index contributed by atoms with van der Waals surface area (Å²) in [6, 6.07) is 23.8. The highest BCUT2D eigenvalue weighted by Crippen LogP contribution is 2.27. The molecule has 2 aromatic heterocycles. The van der Waals surface area contributed by atoms with Crippen molar-refractivity contribution >= 4 is 29.5 Å². The maximum Gasteiger partial charge on any atom is 0.433 e. The summed E-state index contributed by atoms with van der Waals surface area (Å²) >= 11 is 0. The van der Waals surface area contributed by atoms with E-state index in [2.05, 4.69) is 14.9 Å². The molecule has 13 heteroatoms. The van der Waals surface area contributed by atoms with Crippen molar-refractivity contribution in [1.29, 1.82) is 0 Å². The standard InChI is InChI=1S/C40H43F3N6O4/c1-30(50)47-20-22-48(23-21-47)35-15-11-33(12-16-35)28-49(38(51)18-14-32-13-17-37(45-27-32)40(41,42)43)36(26-31-8-4-3-5-9-31)39(52)46(2)24-25-53-29-34-10-6-7-19-44-34/h3-19,27,36H,20-26,28-29H2,1-2H3/b18-14+/t36-/m0/s1. The van der Waals surface area contributed by atoms with E-state index in [9.17, 15) is 27.6 Å². The summed E-state index contributed by atoms with van der Waals surface area (Å²) in [7, 11) is 1.66. The van der Waals surface area contributed by atoms with E-state index in [1.807, 2.05) is 77.7 Å². The fourth-order valence-corrected chi connectivity index (χ4v) is 5.96. The fraction of sp³-hybridized carbons (Fsp3) is 0.325. The molecule has 278 valence electrons. The number of pyridine rings is 2. The smallest absolute Gasteiger partial charge is 0.373 e. The van der Waals surface area contributed by atoms with Crippen LogP contribution < -0.4 is 4.90 Å². The molecule has 5 rings (SSSR count). The summed E-state index contributed by atoms with van der Waals surface area (Å²) in [5.41, 5.74) is 2.63. The van der Waals surface area contributed by atoms with Crippen molar-refractivity contribution in [3.05, 3.63) is 131 Å². The third kappa shape index (κ3) is 11.2. The van der Waals surface area contributed by atoms with Crippen molar-refractivity contribution in [2.45, 2.75) is 38.7 Å². The van der Waals surface area contributed by atoms with E-state index >= 15 is 0 Å². The number of carbonyl (C=O) groups excluding carboxylic acids is 3. The Kier molecular flexibility index (Phi) is 13.3. The van der Waals surface area contributed by atoms with Gasteiger partial charge in [-0.15, -0.1) is 0 Å². The first-order valence-corrected chi connectivity index (χ1v) is 17.4. The molecule has 1 aliphatic rings. The van der Waals surface area contributed by atoms with Crippen molar-refractivity contribution in [1.82, 2.24) is 24.7 Å². The molecule has 0 aliphatic carbocycles. The largest absolute Gasteiger partial charge is 0.433 e. The Morgan fingerprint density at radius 2 is 1.60 bits per heavy atom. The third-order valence-electron chi connectivity index (χ3n) is 9.01. The van der Waals surface area contributed by atoms with Crippen molar-refractivity contribution < 1.29 is 32.3 Å². The molecule has 1 fully saturated rings. The van der Waals surface area contributed by atoms with E-state index in [1.165, 1.54) is 23.1 Å². The molecule has 0 N–H and O–H groups in total. The van der Waals surface area contributed by atoms with E-state index in [-0.39, 0.29) is 44.5 Å². The van der Waals surface area contributed by atoms with Crippen LogP contribution in [0.15, 0.2) is 103 Å². The molecular formula is C40H43F3N6O4. The lowest BCUT2D eigenvalue weighted by atomic mass is 10.0. The summed E-state index contributed by atoms with van der Waals surface area (Å²) in [4.78, 5) is 55.0. The lowest BCUT2D eigenvalue weighted by Gasteiger charge is -2.36. The summed E-state index contributed by atoms with van der Waals surface area (Å²) in [6.07, 6.45) is 1.02. The number of alkyl halides is 3. The molecule has 4 aromatic rings. The van der Waals surface area contributed by atoms with Crippen LogP contribution in [0.5, 0.6) is 0 Å². The van der Waals surface area contributed by atoms with Gasteiger partial charge in [0.05, 0.1) is 18.9 Å². The first-order valence-electron chi connectivity index (χ1n) is 17.4. The normalized spacial score (nSPS) is 13.9. The van der Waals surface area contributed by atoms with Crippen LogP contribution in [0.3, 0.4) is 0 Å². The minimum Gasteiger partial charge on any atom is -0.373 e. The van der Waals surface area contributed by atoms with Gasteiger partial charge >= 0.3 is 6.18 Å². The van der Waals surface area contributed by atoms with Crippen LogP contribution in [-0.4, -0.2) is 94.8 Å². The van der Waals surface area contributed by atoms with Crippen LogP contribution in [0.1, 0.15) is 35.0 Å². The Bertz CT molecular complexity index is 1820. The zero-order chi connectivity index (χ0) is 37.8. The molecule has 1 atom stereocenters. The minimum atomic E-state index is -4.59. The molecule has 1 saturated heterocycles. The summed E-state index contributed by atoms with van der Waals surface area (Å²) < 4.78 is 45.1. The van der Waals surface area contributed by atoms with Gasteiger partial charge in [-0.3, -0.25) is 24.4 Å². The van der Waals surface area contributed by atoms with Crippen LogP contribution >= 0.6 is 0 Å². The Balaban J connectivity index is 1.38. The lowest BCUT2D eigenvalue weighted by Crippen LogP contribution is -2.51. The van der Waals surface area contributed by atoms with Crippen molar-refractivity contribution in [3.8, 4) is 0 Å². The number of hydrogen-bond donors (Lipinski definition) is 0. The average Bonchev–Trinajstić information content (AvgIpc) is 3.17. The zero-order valence-electron chi connectivity index (χ0n) is 29.8. The van der Waals surface area contributed by atoms with Gasteiger partial charge in [0.15, 0.2) is 0 Å². The molecule has 3 amide bonds. The molecule has 0 bridgehead atoms. The highest BCUT2D eigenvalue weighted by molar-refractivity contribution is 5.95. The summed E-state index contributed by atoms with van der Waals surface area (Å²) in [5, 5.41) is 0. The van der Waals surface area contributed by atoms with Crippen LogP contribution in [0.4, 0.5) is 18.9 Å². The van der Waals surface area contributed by atoms with Gasteiger partial charge in [0.2, 0.25) is 17.7 Å². The van der Waals surface area contributed by atoms with Crippen molar-refractivity contribution in [3.63, 3.8) is 0 Å². The molecule has 1 aliphatic heterocycles. The van der Waals surface area contributed by atoms with Gasteiger partial charge in [-0.05, 0) is 53.1 Å². The van der Waals surface area contributed by atoms with Crippen LogP contribution in [0, 0.1) is 0 Å². The average molecular weight is 729 g/mol. The number of piperazine rings is 1. The zero-order valence-corrected chi connectivity index (χ0v) is 29.8. The molecule has 53 heavy (non-hydrogen) atoms. The number of rotatable bonds is 14. The Hall–Kier alpha value is -5.56. The van der Waals surface area contributed by atoms with Gasteiger partial charge in [-0.25, -0.2) is 0 Å². The summed E-state index contributed by atoms with van der Waals surface area (Å²) in [5.74, 6) is -0.743. The van der Waals surface area contributed by atoms with Crippen molar-refractivity contribution in [2.24, 2.45) is 0 Å². The monoisotopic (exact) mass is 728 g/mol. The van der Waals surface area contributed by atoms with Crippen LogP contribution in [-0.2, 0) is 44.9 Å². The Morgan fingerprint density at radius 3 is 2.23 bits per heavy atom. The van der Waals surface area contributed by atoms with E-state index < -0.39 is 23.8 Å². The van der Waals surface area contributed by atoms with E-state index in [4.69, 9.17) is 4.74 Å². The van der Waals surface area contributed by atoms with Gasteiger partial charge in [0.25, 0.3) is 0 Å². The number of halogens is 3. The van der Waals surface area contributed by atoms with Gasteiger partial charge in [-0.1, -0.05) is 54.6 Å². The first-order chi connectivity index (χ1) is 25.5. The number of amides is 3. The van der Waals surface area contributed by atoms with E-state index in [0.717, 1.165) is 34.8 Å². The molecule has 0 unspecified atom stereocenters. The van der Waals surface area contributed by atoms with Gasteiger partial charge in [0.1, 0.15) is 11.7 Å². The van der Waals surface area contributed by atoms with Gasteiger partial charge in [0, 0.05) is 83.8 Å². The topological polar surface area (TPSA) is 99.2 Å². The number of benzene rings is 2. The number of ether oxygens (including phenoxy) is 1. The van der Waals surface area contributed by atoms with Crippen molar-refractivity contribution in [2.75, 3.05) is 51.3 Å². The second-order valence-corrected chi connectivity index (χ2v) is 12.8. The number of aromatic nitrogens is 2. The molecule has 0 spiro atoms. The highest BCUT2D eigenvalue weighted by atomic mass is 19.4. The van der Waals surface area contributed by atoms with Crippen LogP contribution in [0.2, 0.25) is 0 Å². The van der Waals surface area contributed by atoms with Gasteiger partial charge in [-0.2, -0.15) is 13.2 Å². The number of anilines is 1. The fourth-order valence-electron chi connectivity index (χ4n) is 5.96. The lowest BCUT2D eigenvalue weighted by molar-refractivity contribution is -0.143. The molecule has 0 radical (unpaired) electrons. The van der Waals surface area contributed by atoms with E-state index in [1.54, 1.807) is 25.1 Å². The molecular weight excluding hydrogens is 685 g/mol. The predicted molar refractivity (Wildman–Crippen MR) is 195 cm³/mol. The number of hydrogen-bond acceptors (Lipinski definition) is 7. The molecule has 3 heterocycles. The van der Waals surface area contributed by atoms with Gasteiger partial charge < -0.3 is 24.3 Å². The Labute approximate surface area is 307 Å². The molecule has 10 nitrogen and oxygen atoms in total. The predicted octanol–water partition coefficient (Wildman–Crippen LogP) is 5.49. The second kappa shape index (κ2) is 18.3. The SMILES string of the molecule is CC(=O)N1CCN(c2ccc(CN(C(=O)/C=C/c3ccc(C(F)(F)F)nc3)[C@@H](Cc3ccccc3)C(=O)N(C)CCOCc3ccccn3)cc2)CC1.